The van der Waals surface area contributed by atoms with Gasteiger partial charge in [-0.1, -0.05) is 24.6 Å². The number of carbonyl (C=O) groups is 3. The predicted molar refractivity (Wildman–Crippen MR) is 145 cm³/mol. The number of hydrogen-bond donors (Lipinski definition) is 2. The third kappa shape index (κ3) is 5.16. The lowest BCUT2D eigenvalue weighted by Crippen LogP contribution is -2.51. The molecule has 1 aromatic heterocycles. The first-order valence-corrected chi connectivity index (χ1v) is 14.4. The summed E-state index contributed by atoms with van der Waals surface area (Å²) in [6, 6.07) is -0.838. The van der Waals surface area contributed by atoms with Crippen LogP contribution in [-0.2, 0) is 30.4 Å². The Labute approximate surface area is 230 Å². The van der Waals surface area contributed by atoms with Gasteiger partial charge in [0.1, 0.15) is 11.8 Å². The molecule has 5 rings (SSSR count). The number of rotatable bonds is 8. The molecule has 2 N–H and O–H groups in total. The molecule has 0 radical (unpaired) electrons. The van der Waals surface area contributed by atoms with Crippen molar-refractivity contribution in [3.8, 4) is 0 Å². The number of esters is 1. The molecule has 9 nitrogen and oxygen atoms in total. The second kappa shape index (κ2) is 10.9. The molecule has 0 unspecified atom stereocenters. The van der Waals surface area contributed by atoms with E-state index < -0.39 is 17.9 Å². The van der Waals surface area contributed by atoms with E-state index in [4.69, 9.17) is 9.57 Å². The van der Waals surface area contributed by atoms with Gasteiger partial charge in [-0.25, -0.2) is 9.78 Å². The number of ether oxygens (including phenoxy) is 1. The van der Waals surface area contributed by atoms with E-state index in [1.54, 1.807) is 13.1 Å². The summed E-state index contributed by atoms with van der Waals surface area (Å²) in [4.78, 5) is 49.3. The van der Waals surface area contributed by atoms with E-state index in [2.05, 4.69) is 40.4 Å². The zero-order valence-electron chi connectivity index (χ0n) is 23.6. The molecule has 39 heavy (non-hydrogen) atoms. The van der Waals surface area contributed by atoms with Crippen molar-refractivity contribution in [2.24, 2.45) is 39.7 Å². The first-order chi connectivity index (χ1) is 18.7. The molecule has 4 aliphatic rings. The van der Waals surface area contributed by atoms with Gasteiger partial charge >= 0.3 is 5.97 Å². The Kier molecular flexibility index (Phi) is 7.71. The predicted octanol–water partition coefficient (Wildman–Crippen LogP) is 4.15. The number of nitrogens with one attached hydrogen (secondary N) is 2. The van der Waals surface area contributed by atoms with Gasteiger partial charge in [-0.2, -0.15) is 0 Å². The molecule has 212 valence electrons. The van der Waals surface area contributed by atoms with Crippen molar-refractivity contribution in [1.82, 2.24) is 15.3 Å². The van der Waals surface area contributed by atoms with Crippen LogP contribution in [0.15, 0.2) is 29.3 Å². The summed E-state index contributed by atoms with van der Waals surface area (Å²) in [5.74, 6) is 1.65. The van der Waals surface area contributed by atoms with E-state index in [-0.39, 0.29) is 29.8 Å². The fourth-order valence-electron chi connectivity index (χ4n) is 8.67. The number of amides is 1. The number of imidazole rings is 1. The number of oxime groups is 1. The number of carbonyl (C=O) groups excluding carboxylic acids is 3. The Morgan fingerprint density at radius 1 is 1.15 bits per heavy atom. The summed E-state index contributed by atoms with van der Waals surface area (Å²) in [5, 5.41) is 6.97. The molecule has 0 saturated heterocycles. The van der Waals surface area contributed by atoms with Gasteiger partial charge in [-0.15, -0.1) is 0 Å². The summed E-state index contributed by atoms with van der Waals surface area (Å²) in [6.07, 6.45) is 14.2. The molecule has 1 amide bonds. The highest BCUT2D eigenvalue weighted by Gasteiger charge is 2.59. The number of nitrogens with zero attached hydrogens (tertiary/aromatic N) is 2. The van der Waals surface area contributed by atoms with Crippen molar-refractivity contribution in [2.75, 3.05) is 13.7 Å². The van der Waals surface area contributed by atoms with Crippen LogP contribution in [0.4, 0.5) is 0 Å². The smallest absolute Gasteiger partial charge is 0.328 e. The van der Waals surface area contributed by atoms with Crippen LogP contribution in [0.5, 0.6) is 0 Å². The topological polar surface area (TPSA) is 123 Å². The Bertz CT molecular complexity index is 1160. The van der Waals surface area contributed by atoms with Gasteiger partial charge in [0.15, 0.2) is 6.61 Å². The Morgan fingerprint density at radius 2 is 1.97 bits per heavy atom. The van der Waals surface area contributed by atoms with Crippen molar-refractivity contribution >= 4 is 23.4 Å². The van der Waals surface area contributed by atoms with Gasteiger partial charge in [0.2, 0.25) is 0 Å². The largest absolute Gasteiger partial charge is 0.467 e. The van der Waals surface area contributed by atoms with Crippen LogP contribution < -0.4 is 5.32 Å². The molecule has 0 spiro atoms. The molecule has 9 heteroatoms. The number of Topliss-reactive ketones (excluding diaryl/α,β-unsaturated/α-hetero) is 1. The number of aromatic amines is 1. The average Bonchev–Trinajstić information content (AvgIpc) is 3.55. The molecule has 7 atom stereocenters. The van der Waals surface area contributed by atoms with Gasteiger partial charge in [-0.3, -0.25) is 9.59 Å². The quantitative estimate of drug-likeness (QED) is 0.379. The molecule has 1 heterocycles. The van der Waals surface area contributed by atoms with Gasteiger partial charge in [-0.05, 0) is 93.0 Å². The molecule has 0 aliphatic heterocycles. The Hall–Kier alpha value is -2.97. The summed E-state index contributed by atoms with van der Waals surface area (Å²) in [6.45, 7) is 6.35. The number of aromatic nitrogens is 2. The standard InChI is InChI=1S/C30H42N4O5/c1-18(35)23-7-8-24-22-6-5-19-13-20(9-11-29(19,2)25(22)10-12-30(23,24)3)34-39-16-27(36)33-26(28(37)38-4)14-21-15-31-17-32-21/h13,15,17,22-26H,5-12,14,16H2,1-4H3,(H,31,32)(H,33,36)/b34-20+/t22-,23+,24+,25+,26+,29+,30-/m1/s1. The molecular weight excluding hydrogens is 496 g/mol. The van der Waals surface area contributed by atoms with E-state index in [0.29, 0.717) is 29.2 Å². The van der Waals surface area contributed by atoms with Crippen molar-refractivity contribution in [3.05, 3.63) is 29.9 Å². The second-order valence-corrected chi connectivity index (χ2v) is 12.6. The number of hydrogen-bond acceptors (Lipinski definition) is 7. The molecular formula is C30H42N4O5. The fraction of sp³-hybridized carbons (Fsp3) is 0.700. The van der Waals surface area contributed by atoms with Gasteiger partial charge < -0.3 is 19.9 Å². The minimum absolute atomic E-state index is 0.162. The maximum Gasteiger partial charge on any atom is 0.328 e. The summed E-state index contributed by atoms with van der Waals surface area (Å²) in [7, 11) is 1.29. The first kappa shape index (κ1) is 27.6. The molecule has 3 fully saturated rings. The van der Waals surface area contributed by atoms with Crippen molar-refractivity contribution < 1.29 is 24.0 Å². The maximum absolute atomic E-state index is 12.5. The lowest BCUT2D eigenvalue weighted by Gasteiger charge is -2.58. The first-order valence-electron chi connectivity index (χ1n) is 14.4. The van der Waals surface area contributed by atoms with Gasteiger partial charge in [0.05, 0.1) is 19.1 Å². The highest BCUT2D eigenvalue weighted by Crippen LogP contribution is 2.66. The van der Waals surface area contributed by atoms with E-state index in [1.165, 1.54) is 38.3 Å². The Morgan fingerprint density at radius 3 is 2.69 bits per heavy atom. The third-order valence-electron chi connectivity index (χ3n) is 10.6. The van der Waals surface area contributed by atoms with Gasteiger partial charge in [0, 0.05) is 24.2 Å². The summed E-state index contributed by atoms with van der Waals surface area (Å²) in [5.41, 5.74) is 3.37. The molecule has 3 saturated carbocycles. The van der Waals surface area contributed by atoms with Crippen LogP contribution in [0.3, 0.4) is 0 Å². The summed E-state index contributed by atoms with van der Waals surface area (Å²) >= 11 is 0. The van der Waals surface area contributed by atoms with Crippen molar-refractivity contribution in [2.45, 2.75) is 84.6 Å². The van der Waals surface area contributed by atoms with E-state index in [0.717, 1.165) is 37.8 Å². The van der Waals surface area contributed by atoms with Crippen molar-refractivity contribution in [3.63, 3.8) is 0 Å². The molecule has 0 bridgehead atoms. The maximum atomic E-state index is 12.5. The average molecular weight is 539 g/mol. The third-order valence-corrected chi connectivity index (χ3v) is 10.6. The SMILES string of the molecule is COC(=O)[C@H](Cc1cnc[nH]1)NC(=O)CO/N=C1/C=C2CC[C@@H]3[C@@H]4CC[C@@H](C(C)=O)[C@@]4(C)CC[C@@H]3[C@@]2(C)CC1. The number of H-pyrrole nitrogens is 1. The van der Waals surface area contributed by atoms with Crippen LogP contribution in [0.1, 0.15) is 77.8 Å². The number of ketones is 1. The lowest BCUT2D eigenvalue weighted by atomic mass is 9.46. The van der Waals surface area contributed by atoms with Crippen LogP contribution in [0.25, 0.3) is 0 Å². The van der Waals surface area contributed by atoms with Crippen LogP contribution in [0, 0.1) is 34.5 Å². The Balaban J connectivity index is 1.19. The zero-order valence-corrected chi connectivity index (χ0v) is 23.6. The van der Waals surface area contributed by atoms with E-state index in [1.807, 2.05) is 0 Å². The summed E-state index contributed by atoms with van der Waals surface area (Å²) < 4.78 is 4.82. The molecule has 1 aromatic rings. The minimum atomic E-state index is -0.838. The van der Waals surface area contributed by atoms with Crippen LogP contribution >= 0.6 is 0 Å². The highest BCUT2D eigenvalue weighted by molar-refractivity contribution is 5.96. The molecule has 4 aliphatic carbocycles. The van der Waals surface area contributed by atoms with Crippen molar-refractivity contribution in [1.29, 1.82) is 0 Å². The van der Waals surface area contributed by atoms with Gasteiger partial charge in [0.25, 0.3) is 5.91 Å². The van der Waals surface area contributed by atoms with E-state index >= 15 is 0 Å². The number of allylic oxidation sites excluding steroid dienone is 2. The normalized spacial score (nSPS) is 35.2. The lowest BCUT2D eigenvalue weighted by molar-refractivity contribution is -0.145. The van der Waals surface area contributed by atoms with E-state index in [9.17, 15) is 14.4 Å². The minimum Gasteiger partial charge on any atom is -0.467 e. The number of fused-ring (bicyclic) bond motifs is 5. The van der Waals surface area contributed by atoms with Crippen LogP contribution in [-0.4, -0.2) is 53.1 Å². The zero-order chi connectivity index (χ0) is 27.8. The fourth-order valence-corrected chi connectivity index (χ4v) is 8.67. The monoisotopic (exact) mass is 538 g/mol. The second-order valence-electron chi connectivity index (χ2n) is 12.6. The molecule has 0 aromatic carbocycles. The van der Waals surface area contributed by atoms with Crippen LogP contribution in [0.2, 0.25) is 0 Å². The highest BCUT2D eigenvalue weighted by atomic mass is 16.6. The number of methoxy groups -OCH3 is 1.